The van der Waals surface area contributed by atoms with Gasteiger partial charge in [0.25, 0.3) is 0 Å². The topological polar surface area (TPSA) is 87.5 Å². The van der Waals surface area contributed by atoms with Crippen molar-refractivity contribution >= 4 is 35.1 Å². The van der Waals surface area contributed by atoms with Crippen molar-refractivity contribution in [1.29, 1.82) is 0 Å². The summed E-state index contributed by atoms with van der Waals surface area (Å²) in [5, 5.41) is 16.7. The third-order valence-corrected chi connectivity index (χ3v) is 1.86. The van der Waals surface area contributed by atoms with E-state index in [1.54, 1.807) is 0 Å². The monoisotopic (exact) mass is 235 g/mol. The maximum absolute atomic E-state index is 10.6. The molecule has 1 aromatic heterocycles. The number of nitrogens with zero attached hydrogens (tertiary/aromatic N) is 1. The molecule has 1 aromatic rings. The molecule has 0 aliphatic rings. The normalized spacial score (nSPS) is 9.86. The minimum atomic E-state index is -1.46. The smallest absolute Gasteiger partial charge is 0.339 e. The molecule has 2 N–H and O–H groups in total. The Bertz CT molecular complexity index is 418. The minimum Gasteiger partial charge on any atom is -0.478 e. The number of rotatable bonds is 2. The molecule has 0 radical (unpaired) electrons. The van der Waals surface area contributed by atoms with E-state index in [-0.39, 0.29) is 5.15 Å². The Kier molecular flexibility index (Phi) is 2.93. The van der Waals surface area contributed by atoms with Gasteiger partial charge in [-0.05, 0) is 6.07 Å². The predicted molar refractivity (Wildman–Crippen MR) is 48.2 cm³/mol. The largest absolute Gasteiger partial charge is 0.478 e. The maximum Gasteiger partial charge on any atom is 0.339 e. The molecule has 0 aliphatic heterocycles. The van der Waals surface area contributed by atoms with Gasteiger partial charge in [0.15, 0.2) is 0 Å². The molecule has 14 heavy (non-hydrogen) atoms. The van der Waals surface area contributed by atoms with Gasteiger partial charge in [0.1, 0.15) is 15.9 Å². The minimum absolute atomic E-state index is 0.169. The molecule has 0 saturated heterocycles. The Labute approximate surface area is 87.9 Å². The summed E-state index contributed by atoms with van der Waals surface area (Å²) in [5.41, 5.74) is -1.05. The number of carboxylic acids is 2. The molecule has 0 fully saturated rings. The van der Waals surface area contributed by atoms with Gasteiger partial charge >= 0.3 is 11.9 Å². The molecule has 0 atom stereocenters. The van der Waals surface area contributed by atoms with Crippen molar-refractivity contribution in [3.8, 4) is 0 Å². The zero-order valence-corrected chi connectivity index (χ0v) is 8.00. The lowest BCUT2D eigenvalue weighted by Gasteiger charge is -2.03. The van der Waals surface area contributed by atoms with E-state index in [0.29, 0.717) is 0 Å². The average molecular weight is 236 g/mol. The summed E-state index contributed by atoms with van der Waals surface area (Å²) in [4.78, 5) is 24.7. The van der Waals surface area contributed by atoms with Gasteiger partial charge in [0.2, 0.25) is 0 Å². The van der Waals surface area contributed by atoms with Crippen molar-refractivity contribution in [1.82, 2.24) is 4.98 Å². The zero-order valence-electron chi connectivity index (χ0n) is 6.49. The quantitative estimate of drug-likeness (QED) is 0.764. The van der Waals surface area contributed by atoms with E-state index in [0.717, 1.165) is 6.07 Å². The predicted octanol–water partition coefficient (Wildman–Crippen LogP) is 1.78. The highest BCUT2D eigenvalue weighted by Crippen LogP contribution is 2.21. The Morgan fingerprint density at radius 1 is 1.21 bits per heavy atom. The fourth-order valence-corrected chi connectivity index (χ4v) is 1.37. The van der Waals surface area contributed by atoms with Gasteiger partial charge in [-0.2, -0.15) is 0 Å². The second-order valence-electron chi connectivity index (χ2n) is 2.27. The van der Waals surface area contributed by atoms with Crippen molar-refractivity contribution in [2.75, 3.05) is 0 Å². The summed E-state index contributed by atoms with van der Waals surface area (Å²) in [5.74, 6) is -2.88. The van der Waals surface area contributed by atoms with Crippen LogP contribution in [0.2, 0.25) is 10.3 Å². The molecular weight excluding hydrogens is 233 g/mol. The van der Waals surface area contributed by atoms with Crippen LogP contribution in [0.15, 0.2) is 6.07 Å². The number of aromatic carboxylic acids is 2. The summed E-state index contributed by atoms with van der Waals surface area (Å²) in [7, 11) is 0. The fourth-order valence-electron chi connectivity index (χ4n) is 0.856. The van der Waals surface area contributed by atoms with Gasteiger partial charge in [0.05, 0.1) is 5.56 Å². The second-order valence-corrected chi connectivity index (χ2v) is 3.01. The van der Waals surface area contributed by atoms with Gasteiger partial charge < -0.3 is 10.2 Å². The molecule has 0 spiro atoms. The highest BCUT2D eigenvalue weighted by Gasteiger charge is 2.21. The average Bonchev–Trinajstić information content (AvgIpc) is 2.01. The molecule has 1 rings (SSSR count). The highest BCUT2D eigenvalue weighted by molar-refractivity contribution is 6.35. The van der Waals surface area contributed by atoms with Crippen LogP contribution in [0, 0.1) is 0 Å². The highest BCUT2D eigenvalue weighted by atomic mass is 35.5. The molecular formula is C7H3Cl2NO4. The lowest BCUT2D eigenvalue weighted by Crippen LogP contribution is -2.10. The van der Waals surface area contributed by atoms with Gasteiger partial charge in [-0.25, -0.2) is 14.6 Å². The van der Waals surface area contributed by atoms with E-state index in [1.165, 1.54) is 0 Å². The first-order valence-corrected chi connectivity index (χ1v) is 4.01. The van der Waals surface area contributed by atoms with Gasteiger partial charge in [-0.15, -0.1) is 0 Å². The van der Waals surface area contributed by atoms with Crippen molar-refractivity contribution in [3.63, 3.8) is 0 Å². The lowest BCUT2D eigenvalue weighted by molar-refractivity contribution is 0.0651. The SMILES string of the molecule is O=C(O)c1cc(Cl)nc(Cl)c1C(=O)O. The first kappa shape index (κ1) is 10.7. The van der Waals surface area contributed by atoms with E-state index in [9.17, 15) is 9.59 Å². The van der Waals surface area contributed by atoms with Crippen LogP contribution in [-0.4, -0.2) is 27.1 Å². The van der Waals surface area contributed by atoms with Crippen LogP contribution in [0.5, 0.6) is 0 Å². The van der Waals surface area contributed by atoms with E-state index in [1.807, 2.05) is 0 Å². The first-order valence-electron chi connectivity index (χ1n) is 3.26. The summed E-state index contributed by atoms with van der Waals surface area (Å²) in [6.45, 7) is 0. The van der Waals surface area contributed by atoms with Crippen LogP contribution < -0.4 is 0 Å². The van der Waals surface area contributed by atoms with Gasteiger partial charge in [0, 0.05) is 0 Å². The van der Waals surface area contributed by atoms with Crippen LogP contribution in [0.25, 0.3) is 0 Å². The Morgan fingerprint density at radius 3 is 2.21 bits per heavy atom. The zero-order chi connectivity index (χ0) is 10.9. The number of aromatic nitrogens is 1. The number of carboxylic acid groups (broad SMARTS) is 2. The maximum atomic E-state index is 10.6. The van der Waals surface area contributed by atoms with Crippen LogP contribution in [0.4, 0.5) is 0 Å². The van der Waals surface area contributed by atoms with E-state index in [4.69, 9.17) is 33.4 Å². The molecule has 0 amide bonds. The van der Waals surface area contributed by atoms with E-state index >= 15 is 0 Å². The molecule has 0 unspecified atom stereocenters. The van der Waals surface area contributed by atoms with Crippen molar-refractivity contribution < 1.29 is 19.8 Å². The number of halogens is 2. The van der Waals surface area contributed by atoms with Gasteiger partial charge in [-0.1, -0.05) is 23.2 Å². The third kappa shape index (κ3) is 1.94. The Hall–Kier alpha value is -1.33. The molecule has 74 valence electrons. The standard InChI is InChI=1S/C7H3Cl2NO4/c8-3-1-2(6(11)12)4(7(13)14)5(9)10-3/h1H,(H,11,12)(H,13,14). The molecule has 0 saturated carbocycles. The summed E-state index contributed by atoms with van der Waals surface area (Å²) in [6.07, 6.45) is 0. The Morgan fingerprint density at radius 2 is 1.79 bits per heavy atom. The van der Waals surface area contributed by atoms with E-state index in [2.05, 4.69) is 4.98 Å². The summed E-state index contributed by atoms with van der Waals surface area (Å²) < 4.78 is 0. The van der Waals surface area contributed by atoms with Crippen molar-refractivity contribution in [2.45, 2.75) is 0 Å². The van der Waals surface area contributed by atoms with Crippen LogP contribution in [0.3, 0.4) is 0 Å². The van der Waals surface area contributed by atoms with Crippen LogP contribution >= 0.6 is 23.2 Å². The van der Waals surface area contributed by atoms with Crippen LogP contribution in [0.1, 0.15) is 20.7 Å². The molecule has 1 heterocycles. The summed E-state index contributed by atoms with van der Waals surface area (Å²) >= 11 is 10.9. The fraction of sp³-hybridized carbons (Fsp3) is 0. The lowest BCUT2D eigenvalue weighted by atomic mass is 10.1. The molecule has 0 bridgehead atoms. The molecule has 0 aliphatic carbocycles. The van der Waals surface area contributed by atoms with Crippen LogP contribution in [-0.2, 0) is 0 Å². The van der Waals surface area contributed by atoms with E-state index < -0.39 is 28.2 Å². The number of hydrogen-bond donors (Lipinski definition) is 2. The summed E-state index contributed by atoms with van der Waals surface area (Å²) in [6, 6.07) is 0.930. The number of pyridine rings is 1. The van der Waals surface area contributed by atoms with Crippen molar-refractivity contribution in [2.24, 2.45) is 0 Å². The molecule has 0 aromatic carbocycles. The van der Waals surface area contributed by atoms with Crippen molar-refractivity contribution in [3.05, 3.63) is 27.5 Å². The molecule has 5 nitrogen and oxygen atoms in total. The van der Waals surface area contributed by atoms with Gasteiger partial charge in [-0.3, -0.25) is 0 Å². The molecule has 7 heteroatoms. The second kappa shape index (κ2) is 3.81. The first-order chi connectivity index (χ1) is 6.43. The number of carbonyl (C=O) groups is 2. The third-order valence-electron chi connectivity index (χ3n) is 1.39. The number of hydrogen-bond acceptors (Lipinski definition) is 3. The Balaban J connectivity index is 3.52.